The summed E-state index contributed by atoms with van der Waals surface area (Å²) in [7, 11) is 0. The van der Waals surface area contributed by atoms with Crippen molar-refractivity contribution in [3.05, 3.63) is 34.5 Å². The Morgan fingerprint density at radius 2 is 2.20 bits per heavy atom. The molecule has 2 aromatic rings. The molecule has 0 saturated heterocycles. The van der Waals surface area contributed by atoms with Crippen LogP contribution in [0, 0.1) is 5.82 Å². The second-order valence-electron chi connectivity index (χ2n) is 4.42. The topological polar surface area (TPSA) is 60.8 Å². The van der Waals surface area contributed by atoms with E-state index in [2.05, 4.69) is 0 Å². The van der Waals surface area contributed by atoms with E-state index in [1.54, 1.807) is 12.1 Å². The van der Waals surface area contributed by atoms with E-state index in [1.165, 1.54) is 6.07 Å². The molecule has 0 bridgehead atoms. The fraction of sp³-hybridized carbons (Fsp3) is 0.357. The lowest BCUT2D eigenvalue weighted by Gasteiger charge is -2.19. The average Bonchev–Trinajstić information content (AvgIpc) is 2.78. The van der Waals surface area contributed by atoms with Gasteiger partial charge in [-0.25, -0.2) is 9.18 Å². The summed E-state index contributed by atoms with van der Waals surface area (Å²) in [4.78, 5) is 13.4. The minimum absolute atomic E-state index is 0.0131. The zero-order chi connectivity index (χ0) is 14.7. The van der Waals surface area contributed by atoms with Gasteiger partial charge < -0.3 is 10.2 Å². The maximum absolute atomic E-state index is 14.0. The summed E-state index contributed by atoms with van der Waals surface area (Å²) in [6.45, 7) is 3.31. The van der Waals surface area contributed by atoms with Crippen LogP contribution in [0.15, 0.2) is 18.2 Å². The predicted molar refractivity (Wildman–Crippen MR) is 76.8 cm³/mol. The fourth-order valence-electron chi connectivity index (χ4n) is 2.20. The van der Waals surface area contributed by atoms with Crippen LogP contribution in [0.4, 0.5) is 4.39 Å². The molecule has 0 radical (unpaired) electrons. The molecule has 0 fully saturated rings. The summed E-state index contributed by atoms with van der Waals surface area (Å²) in [5.74, 6) is -1.44. The van der Waals surface area contributed by atoms with Crippen LogP contribution in [0.2, 0.25) is 0 Å². The average molecular weight is 297 g/mol. The number of hydrogen-bond acceptors (Lipinski definition) is 4. The number of carbonyl (C=O) groups is 1. The highest BCUT2D eigenvalue weighted by molar-refractivity contribution is 7.21. The Hall–Kier alpha value is -1.50. The number of aliphatic hydroxyl groups excluding tert-OH is 1. The van der Waals surface area contributed by atoms with Gasteiger partial charge in [-0.15, -0.1) is 11.3 Å². The molecule has 0 amide bonds. The number of carboxylic acids is 1. The van der Waals surface area contributed by atoms with Crippen LogP contribution in [-0.4, -0.2) is 40.8 Å². The van der Waals surface area contributed by atoms with Gasteiger partial charge in [0.05, 0.1) is 6.61 Å². The van der Waals surface area contributed by atoms with Crippen molar-refractivity contribution in [2.24, 2.45) is 0 Å². The van der Waals surface area contributed by atoms with Crippen LogP contribution >= 0.6 is 11.3 Å². The first-order valence-electron chi connectivity index (χ1n) is 6.34. The van der Waals surface area contributed by atoms with Crippen LogP contribution in [0.5, 0.6) is 0 Å². The number of benzene rings is 1. The third kappa shape index (κ3) is 2.82. The smallest absolute Gasteiger partial charge is 0.346 e. The Balaban J connectivity index is 2.53. The summed E-state index contributed by atoms with van der Waals surface area (Å²) >= 11 is 1.09. The number of hydrogen-bond donors (Lipinski definition) is 2. The van der Waals surface area contributed by atoms with Crippen LogP contribution < -0.4 is 0 Å². The summed E-state index contributed by atoms with van der Waals surface area (Å²) < 4.78 is 14.6. The van der Waals surface area contributed by atoms with E-state index in [0.717, 1.165) is 11.3 Å². The summed E-state index contributed by atoms with van der Waals surface area (Å²) in [6.07, 6.45) is 0. The highest BCUT2D eigenvalue weighted by Crippen LogP contribution is 2.34. The van der Waals surface area contributed by atoms with E-state index in [9.17, 15) is 14.3 Å². The molecule has 0 aliphatic heterocycles. The number of likely N-dealkylation sites (N-methyl/N-ethyl adjacent to an activating group) is 1. The van der Waals surface area contributed by atoms with Crippen molar-refractivity contribution in [2.75, 3.05) is 19.7 Å². The zero-order valence-electron chi connectivity index (χ0n) is 11.1. The van der Waals surface area contributed by atoms with Crippen molar-refractivity contribution < 1.29 is 19.4 Å². The first-order chi connectivity index (χ1) is 9.58. The SMILES string of the molecule is CCN(CCO)Cc1c(C(=O)O)sc2cccc(F)c12. The maximum atomic E-state index is 14.0. The Morgan fingerprint density at radius 1 is 1.45 bits per heavy atom. The van der Waals surface area contributed by atoms with Gasteiger partial charge >= 0.3 is 5.97 Å². The lowest BCUT2D eigenvalue weighted by molar-refractivity contribution is 0.0700. The number of nitrogens with zero attached hydrogens (tertiary/aromatic N) is 1. The van der Waals surface area contributed by atoms with Gasteiger partial charge in [-0.3, -0.25) is 4.90 Å². The number of aliphatic hydroxyl groups is 1. The quantitative estimate of drug-likeness (QED) is 0.860. The predicted octanol–water partition coefficient (Wildman–Crippen LogP) is 2.55. The molecule has 0 aliphatic carbocycles. The monoisotopic (exact) mass is 297 g/mol. The van der Waals surface area contributed by atoms with E-state index < -0.39 is 11.8 Å². The molecule has 1 heterocycles. The normalized spacial score (nSPS) is 11.4. The molecule has 6 heteroatoms. The van der Waals surface area contributed by atoms with Gasteiger partial charge in [-0.1, -0.05) is 13.0 Å². The number of rotatable bonds is 6. The Labute approximate surface area is 120 Å². The summed E-state index contributed by atoms with van der Waals surface area (Å²) in [6, 6.07) is 4.64. The molecule has 0 unspecified atom stereocenters. The molecular formula is C14H16FNO3S. The molecule has 0 spiro atoms. The number of aromatic carboxylic acids is 1. The molecule has 1 aromatic heterocycles. The van der Waals surface area contributed by atoms with Gasteiger partial charge in [0.25, 0.3) is 0 Å². The van der Waals surface area contributed by atoms with Crippen molar-refractivity contribution in [2.45, 2.75) is 13.5 Å². The maximum Gasteiger partial charge on any atom is 0.346 e. The molecule has 108 valence electrons. The fourth-order valence-corrected chi connectivity index (χ4v) is 3.27. The molecule has 20 heavy (non-hydrogen) atoms. The van der Waals surface area contributed by atoms with Crippen LogP contribution in [0.1, 0.15) is 22.2 Å². The van der Waals surface area contributed by atoms with Crippen molar-refractivity contribution in [1.82, 2.24) is 4.90 Å². The minimum Gasteiger partial charge on any atom is -0.477 e. The minimum atomic E-state index is -1.04. The molecular weight excluding hydrogens is 281 g/mol. The van der Waals surface area contributed by atoms with Crippen molar-refractivity contribution in [1.29, 1.82) is 0 Å². The third-order valence-electron chi connectivity index (χ3n) is 3.20. The molecule has 0 aliphatic rings. The van der Waals surface area contributed by atoms with Crippen molar-refractivity contribution in [3.8, 4) is 0 Å². The van der Waals surface area contributed by atoms with Gasteiger partial charge in [0, 0.05) is 28.7 Å². The van der Waals surface area contributed by atoms with E-state index in [-0.39, 0.29) is 11.5 Å². The second kappa shape index (κ2) is 6.30. The van der Waals surface area contributed by atoms with Crippen LogP contribution in [0.25, 0.3) is 10.1 Å². The molecule has 4 nitrogen and oxygen atoms in total. The van der Waals surface area contributed by atoms with Crippen LogP contribution in [0.3, 0.4) is 0 Å². The van der Waals surface area contributed by atoms with E-state index >= 15 is 0 Å². The van der Waals surface area contributed by atoms with Gasteiger partial charge in [0.15, 0.2) is 0 Å². The first kappa shape index (κ1) is 14.9. The van der Waals surface area contributed by atoms with Gasteiger partial charge in [-0.2, -0.15) is 0 Å². The summed E-state index contributed by atoms with van der Waals surface area (Å²) in [5.41, 5.74) is 0.492. The molecule has 1 aromatic carbocycles. The Bertz CT molecular complexity index is 626. The Morgan fingerprint density at radius 3 is 2.80 bits per heavy atom. The zero-order valence-corrected chi connectivity index (χ0v) is 11.9. The first-order valence-corrected chi connectivity index (χ1v) is 7.16. The largest absolute Gasteiger partial charge is 0.477 e. The molecule has 2 N–H and O–H groups in total. The van der Waals surface area contributed by atoms with Crippen molar-refractivity contribution in [3.63, 3.8) is 0 Å². The van der Waals surface area contributed by atoms with E-state index in [1.807, 2.05) is 11.8 Å². The number of halogens is 1. The van der Waals surface area contributed by atoms with E-state index in [4.69, 9.17) is 5.11 Å². The Kier molecular flexibility index (Phi) is 4.69. The number of thiophene rings is 1. The standard InChI is InChI=1S/C14H16FNO3S/c1-2-16(6-7-17)8-9-12-10(15)4-3-5-11(12)20-13(9)14(18)19/h3-5,17H,2,6-8H2,1H3,(H,18,19). The van der Waals surface area contributed by atoms with Crippen molar-refractivity contribution >= 4 is 27.4 Å². The van der Waals surface area contributed by atoms with Gasteiger partial charge in [0.1, 0.15) is 10.7 Å². The second-order valence-corrected chi connectivity index (χ2v) is 5.47. The molecule has 0 atom stereocenters. The van der Waals surface area contributed by atoms with E-state index in [0.29, 0.717) is 35.3 Å². The third-order valence-corrected chi connectivity index (χ3v) is 4.39. The van der Waals surface area contributed by atoms with Gasteiger partial charge in [0.2, 0.25) is 0 Å². The van der Waals surface area contributed by atoms with Gasteiger partial charge in [-0.05, 0) is 18.7 Å². The molecule has 2 rings (SSSR count). The lowest BCUT2D eigenvalue weighted by Crippen LogP contribution is -2.26. The lowest BCUT2D eigenvalue weighted by atomic mass is 10.1. The number of fused-ring (bicyclic) bond motifs is 1. The highest BCUT2D eigenvalue weighted by atomic mass is 32.1. The highest BCUT2D eigenvalue weighted by Gasteiger charge is 2.21. The molecule has 0 saturated carbocycles. The van der Waals surface area contributed by atoms with Crippen LogP contribution in [-0.2, 0) is 6.54 Å². The number of carboxylic acid groups (broad SMARTS) is 1. The summed E-state index contributed by atoms with van der Waals surface area (Å²) in [5, 5.41) is 18.7.